The van der Waals surface area contributed by atoms with Crippen molar-refractivity contribution in [2.45, 2.75) is 20.0 Å². The molecule has 2 aromatic rings. The first-order valence-corrected chi connectivity index (χ1v) is 7.28. The Hall–Kier alpha value is -2.23. The molecular weight excluding hydrogens is 266 g/mol. The normalized spacial score (nSPS) is 18.0. The maximum absolute atomic E-state index is 12.3. The summed E-state index contributed by atoms with van der Waals surface area (Å²) in [6.45, 7) is 4.12. The van der Waals surface area contributed by atoms with Gasteiger partial charge in [0.2, 0.25) is 0 Å². The Morgan fingerprint density at radius 3 is 2.81 bits per heavy atom. The molecule has 110 valence electrons. The summed E-state index contributed by atoms with van der Waals surface area (Å²) in [7, 11) is 0. The Kier molecular flexibility index (Phi) is 3.95. The smallest absolute Gasteiger partial charge is 0.289 e. The summed E-state index contributed by atoms with van der Waals surface area (Å²) in [6.07, 6.45) is 1.07. The van der Waals surface area contributed by atoms with Crippen molar-refractivity contribution >= 4 is 5.91 Å². The van der Waals surface area contributed by atoms with Gasteiger partial charge in [-0.05, 0) is 36.6 Å². The average molecular weight is 285 g/mol. The van der Waals surface area contributed by atoms with Gasteiger partial charge >= 0.3 is 0 Å². The SMILES string of the molecule is C[C@H]1CCN(C(=O)c2ccc(COc3ccccc3)o2)C1. The predicted octanol–water partition coefficient (Wildman–Crippen LogP) is 3.34. The van der Waals surface area contributed by atoms with E-state index in [2.05, 4.69) is 6.92 Å². The lowest BCUT2D eigenvalue weighted by atomic mass is 10.2. The van der Waals surface area contributed by atoms with Gasteiger partial charge in [-0.1, -0.05) is 25.1 Å². The highest BCUT2D eigenvalue weighted by molar-refractivity contribution is 5.91. The number of hydrogen-bond acceptors (Lipinski definition) is 3. The van der Waals surface area contributed by atoms with E-state index >= 15 is 0 Å². The van der Waals surface area contributed by atoms with E-state index in [0.29, 0.717) is 24.0 Å². The number of likely N-dealkylation sites (tertiary alicyclic amines) is 1. The van der Waals surface area contributed by atoms with Crippen molar-refractivity contribution in [3.8, 4) is 5.75 Å². The van der Waals surface area contributed by atoms with Crippen LogP contribution in [-0.4, -0.2) is 23.9 Å². The molecule has 1 atom stereocenters. The molecular formula is C17H19NO3. The number of amides is 1. The molecule has 1 aliphatic heterocycles. The van der Waals surface area contributed by atoms with Crippen LogP contribution in [0.1, 0.15) is 29.7 Å². The van der Waals surface area contributed by atoms with Crippen LogP contribution in [0.15, 0.2) is 46.9 Å². The Labute approximate surface area is 124 Å². The summed E-state index contributed by atoms with van der Waals surface area (Å²) in [5.41, 5.74) is 0. The molecule has 2 heterocycles. The van der Waals surface area contributed by atoms with E-state index in [9.17, 15) is 4.79 Å². The third kappa shape index (κ3) is 3.27. The Morgan fingerprint density at radius 2 is 2.10 bits per heavy atom. The molecule has 0 aliphatic carbocycles. The van der Waals surface area contributed by atoms with E-state index in [-0.39, 0.29) is 5.91 Å². The molecule has 0 spiro atoms. The second-order valence-corrected chi connectivity index (χ2v) is 5.51. The molecule has 1 saturated heterocycles. The van der Waals surface area contributed by atoms with Crippen LogP contribution in [0.2, 0.25) is 0 Å². The molecule has 0 unspecified atom stereocenters. The predicted molar refractivity (Wildman–Crippen MR) is 79.2 cm³/mol. The van der Waals surface area contributed by atoms with Crippen molar-refractivity contribution in [3.63, 3.8) is 0 Å². The highest BCUT2D eigenvalue weighted by Gasteiger charge is 2.26. The van der Waals surface area contributed by atoms with E-state index in [1.54, 1.807) is 12.1 Å². The summed E-state index contributed by atoms with van der Waals surface area (Å²) in [6, 6.07) is 13.1. The molecule has 0 N–H and O–H groups in total. The molecule has 0 saturated carbocycles. The molecule has 1 fully saturated rings. The second-order valence-electron chi connectivity index (χ2n) is 5.51. The second kappa shape index (κ2) is 6.04. The van der Waals surface area contributed by atoms with Gasteiger partial charge in [-0.25, -0.2) is 0 Å². The van der Waals surface area contributed by atoms with Gasteiger partial charge in [0.1, 0.15) is 18.1 Å². The lowest BCUT2D eigenvalue weighted by Gasteiger charge is -2.13. The highest BCUT2D eigenvalue weighted by atomic mass is 16.5. The standard InChI is InChI=1S/C17H19NO3/c1-13-9-10-18(11-13)17(19)16-8-7-15(21-16)12-20-14-5-3-2-4-6-14/h2-8,13H,9-12H2,1H3/t13-/m0/s1. The summed E-state index contributed by atoms with van der Waals surface area (Å²) >= 11 is 0. The zero-order valence-electron chi connectivity index (χ0n) is 12.1. The molecule has 21 heavy (non-hydrogen) atoms. The number of para-hydroxylation sites is 1. The minimum atomic E-state index is -0.0229. The molecule has 1 aromatic carbocycles. The minimum absolute atomic E-state index is 0.0229. The van der Waals surface area contributed by atoms with Crippen LogP contribution in [0.25, 0.3) is 0 Å². The first-order chi connectivity index (χ1) is 10.2. The minimum Gasteiger partial charge on any atom is -0.486 e. The van der Waals surface area contributed by atoms with Crippen LogP contribution in [0.4, 0.5) is 0 Å². The lowest BCUT2D eigenvalue weighted by molar-refractivity contribution is 0.0752. The van der Waals surface area contributed by atoms with E-state index in [1.807, 2.05) is 35.2 Å². The Bertz CT molecular complexity index is 606. The van der Waals surface area contributed by atoms with Gasteiger partial charge in [0.15, 0.2) is 5.76 Å². The molecule has 0 bridgehead atoms. The van der Waals surface area contributed by atoms with E-state index in [0.717, 1.165) is 25.3 Å². The number of hydrogen-bond donors (Lipinski definition) is 0. The van der Waals surface area contributed by atoms with Crippen LogP contribution in [0.5, 0.6) is 5.75 Å². The van der Waals surface area contributed by atoms with Crippen molar-refractivity contribution in [1.82, 2.24) is 4.90 Å². The van der Waals surface area contributed by atoms with Crippen molar-refractivity contribution in [2.75, 3.05) is 13.1 Å². The molecule has 1 amide bonds. The number of nitrogens with zero attached hydrogens (tertiary/aromatic N) is 1. The molecule has 0 radical (unpaired) electrons. The Balaban J connectivity index is 1.60. The van der Waals surface area contributed by atoms with Crippen molar-refractivity contribution in [3.05, 3.63) is 54.0 Å². The summed E-state index contributed by atoms with van der Waals surface area (Å²) in [5, 5.41) is 0. The van der Waals surface area contributed by atoms with Crippen molar-refractivity contribution in [2.24, 2.45) is 5.92 Å². The summed E-state index contributed by atoms with van der Waals surface area (Å²) in [5.74, 6) is 2.40. The number of furan rings is 1. The van der Waals surface area contributed by atoms with Crippen molar-refractivity contribution < 1.29 is 13.9 Å². The Morgan fingerprint density at radius 1 is 1.29 bits per heavy atom. The number of carbonyl (C=O) groups is 1. The van der Waals surface area contributed by atoms with Gasteiger partial charge in [0.05, 0.1) is 0 Å². The molecule has 3 rings (SSSR count). The largest absolute Gasteiger partial charge is 0.486 e. The zero-order chi connectivity index (χ0) is 14.7. The van der Waals surface area contributed by atoms with Crippen LogP contribution < -0.4 is 4.74 Å². The number of benzene rings is 1. The fourth-order valence-electron chi connectivity index (χ4n) is 2.52. The maximum Gasteiger partial charge on any atom is 0.289 e. The van der Waals surface area contributed by atoms with Gasteiger partial charge in [0.25, 0.3) is 5.91 Å². The highest BCUT2D eigenvalue weighted by Crippen LogP contribution is 2.20. The van der Waals surface area contributed by atoms with Crippen LogP contribution in [-0.2, 0) is 6.61 Å². The fraction of sp³-hybridized carbons (Fsp3) is 0.353. The fourth-order valence-corrected chi connectivity index (χ4v) is 2.52. The number of rotatable bonds is 4. The third-order valence-electron chi connectivity index (χ3n) is 3.71. The van der Waals surface area contributed by atoms with Crippen LogP contribution >= 0.6 is 0 Å². The van der Waals surface area contributed by atoms with Gasteiger partial charge in [-0.2, -0.15) is 0 Å². The van der Waals surface area contributed by atoms with Gasteiger partial charge < -0.3 is 14.1 Å². The van der Waals surface area contributed by atoms with E-state index in [1.165, 1.54) is 0 Å². The quantitative estimate of drug-likeness (QED) is 0.865. The third-order valence-corrected chi connectivity index (χ3v) is 3.71. The van der Waals surface area contributed by atoms with Gasteiger partial charge in [-0.3, -0.25) is 4.79 Å². The summed E-state index contributed by atoms with van der Waals surface area (Å²) in [4.78, 5) is 14.1. The average Bonchev–Trinajstić information content (AvgIpc) is 3.14. The topological polar surface area (TPSA) is 42.7 Å². The lowest BCUT2D eigenvalue weighted by Crippen LogP contribution is -2.28. The van der Waals surface area contributed by atoms with Crippen LogP contribution in [0, 0.1) is 5.92 Å². The molecule has 1 aromatic heterocycles. The number of ether oxygens (including phenoxy) is 1. The zero-order valence-corrected chi connectivity index (χ0v) is 12.1. The van der Waals surface area contributed by atoms with E-state index in [4.69, 9.17) is 9.15 Å². The molecule has 4 heteroatoms. The monoisotopic (exact) mass is 285 g/mol. The van der Waals surface area contributed by atoms with Crippen molar-refractivity contribution in [1.29, 1.82) is 0 Å². The van der Waals surface area contributed by atoms with Gasteiger partial charge in [-0.15, -0.1) is 0 Å². The first kappa shape index (κ1) is 13.7. The summed E-state index contributed by atoms with van der Waals surface area (Å²) < 4.78 is 11.2. The maximum atomic E-state index is 12.3. The molecule has 1 aliphatic rings. The van der Waals surface area contributed by atoms with E-state index < -0.39 is 0 Å². The molecule has 4 nitrogen and oxygen atoms in total. The first-order valence-electron chi connectivity index (χ1n) is 7.28. The van der Waals surface area contributed by atoms with Crippen LogP contribution in [0.3, 0.4) is 0 Å². The van der Waals surface area contributed by atoms with Gasteiger partial charge in [0, 0.05) is 13.1 Å². The number of carbonyl (C=O) groups excluding carboxylic acids is 1.